The molecule has 0 radical (unpaired) electrons. The van der Waals surface area contributed by atoms with Gasteiger partial charge in [-0.25, -0.2) is 0 Å². The Morgan fingerprint density at radius 1 is 1.70 bits per heavy atom. The van der Waals surface area contributed by atoms with E-state index in [2.05, 4.69) is 15.5 Å². The van der Waals surface area contributed by atoms with Crippen LogP contribution in [0.15, 0.2) is 23.5 Å². The molecule has 1 aliphatic rings. The predicted octanol–water partition coefficient (Wildman–Crippen LogP) is -0.113. The van der Waals surface area contributed by atoms with Crippen LogP contribution in [0.5, 0.6) is 0 Å². The van der Waals surface area contributed by atoms with Crippen molar-refractivity contribution in [1.82, 2.24) is 15.2 Å². The van der Waals surface area contributed by atoms with Gasteiger partial charge in [-0.1, -0.05) is 11.2 Å². The first kappa shape index (κ1) is 14.3. The number of carbonyl (C=O) groups excluding carboxylic acids is 1. The zero-order chi connectivity index (χ0) is 14.5. The minimum atomic E-state index is -0.00154. The summed E-state index contributed by atoms with van der Waals surface area (Å²) in [6.07, 6.45) is 2.99. The fraction of sp³-hybridized carbons (Fsp3) is 0.462. The molecule has 1 aromatic rings. The van der Waals surface area contributed by atoms with Crippen molar-refractivity contribution < 1.29 is 10.0 Å². The summed E-state index contributed by atoms with van der Waals surface area (Å²) in [5, 5.41) is 15.1. The molecule has 7 nitrogen and oxygen atoms in total. The van der Waals surface area contributed by atoms with Crippen LogP contribution in [0, 0.1) is 0 Å². The molecule has 0 spiro atoms. The Labute approximate surface area is 117 Å². The molecule has 1 unspecified atom stereocenters. The second kappa shape index (κ2) is 6.33. The van der Waals surface area contributed by atoms with Crippen LogP contribution in [0.1, 0.15) is 24.1 Å². The van der Waals surface area contributed by atoms with Gasteiger partial charge in [0, 0.05) is 38.8 Å². The molecular formula is C13H19N5O2. The van der Waals surface area contributed by atoms with Crippen LogP contribution in [0.2, 0.25) is 0 Å². The lowest BCUT2D eigenvalue weighted by atomic mass is 10.0. The fourth-order valence-electron chi connectivity index (χ4n) is 2.29. The molecule has 0 saturated carbocycles. The van der Waals surface area contributed by atoms with Gasteiger partial charge in [0.05, 0.1) is 0 Å². The molecule has 1 fully saturated rings. The van der Waals surface area contributed by atoms with Gasteiger partial charge in [-0.2, -0.15) is 0 Å². The molecule has 2 rings (SSSR count). The molecule has 0 aliphatic carbocycles. The normalized spacial score (nSPS) is 20.2. The summed E-state index contributed by atoms with van der Waals surface area (Å²) in [5.41, 5.74) is 6.94. The molecule has 1 atom stereocenters. The molecule has 1 aliphatic heterocycles. The third kappa shape index (κ3) is 3.24. The highest BCUT2D eigenvalue weighted by molar-refractivity contribution is 5.96. The molecule has 2 heterocycles. The second-order valence-electron chi connectivity index (χ2n) is 4.89. The standard InChI is InChI=1S/C13H19N5O2/c1-18-8-10(4-5-11(18)19)16-7-9-3-2-6-15-12(9)13(14)17-20/h2-3,6,10,16,20H,4-5,7-8H2,1H3,(H2,14,17). The summed E-state index contributed by atoms with van der Waals surface area (Å²) < 4.78 is 0. The third-order valence-electron chi connectivity index (χ3n) is 3.45. The van der Waals surface area contributed by atoms with E-state index in [1.54, 1.807) is 11.1 Å². The Morgan fingerprint density at radius 2 is 2.50 bits per heavy atom. The largest absolute Gasteiger partial charge is 0.409 e. The fourth-order valence-corrected chi connectivity index (χ4v) is 2.29. The zero-order valence-corrected chi connectivity index (χ0v) is 11.4. The van der Waals surface area contributed by atoms with E-state index in [-0.39, 0.29) is 17.8 Å². The van der Waals surface area contributed by atoms with Crippen LogP contribution in [-0.2, 0) is 11.3 Å². The molecule has 108 valence electrons. The van der Waals surface area contributed by atoms with E-state index < -0.39 is 0 Å². The highest BCUT2D eigenvalue weighted by atomic mass is 16.4. The predicted molar refractivity (Wildman–Crippen MR) is 74.2 cm³/mol. The van der Waals surface area contributed by atoms with Crippen molar-refractivity contribution in [2.45, 2.75) is 25.4 Å². The quantitative estimate of drug-likeness (QED) is 0.308. The number of oxime groups is 1. The van der Waals surface area contributed by atoms with Gasteiger partial charge in [0.2, 0.25) is 5.91 Å². The van der Waals surface area contributed by atoms with Gasteiger partial charge in [0.15, 0.2) is 5.84 Å². The third-order valence-corrected chi connectivity index (χ3v) is 3.45. The number of hydrogen-bond acceptors (Lipinski definition) is 5. The van der Waals surface area contributed by atoms with E-state index in [1.165, 1.54) is 0 Å². The summed E-state index contributed by atoms with van der Waals surface area (Å²) in [6, 6.07) is 3.94. The van der Waals surface area contributed by atoms with Gasteiger partial charge in [-0.3, -0.25) is 9.78 Å². The number of likely N-dealkylation sites (N-methyl/N-ethyl adjacent to an activating group) is 1. The second-order valence-corrected chi connectivity index (χ2v) is 4.89. The van der Waals surface area contributed by atoms with Crippen molar-refractivity contribution in [3.63, 3.8) is 0 Å². The molecule has 20 heavy (non-hydrogen) atoms. The molecule has 0 aromatic carbocycles. The summed E-state index contributed by atoms with van der Waals surface area (Å²) in [7, 11) is 1.81. The van der Waals surface area contributed by atoms with E-state index in [9.17, 15) is 4.79 Å². The number of carbonyl (C=O) groups is 1. The smallest absolute Gasteiger partial charge is 0.222 e. The Kier molecular flexibility index (Phi) is 4.52. The molecular weight excluding hydrogens is 258 g/mol. The number of hydrogen-bond donors (Lipinski definition) is 3. The summed E-state index contributed by atoms with van der Waals surface area (Å²) in [6.45, 7) is 1.25. The number of piperidine rings is 1. The number of pyridine rings is 1. The van der Waals surface area contributed by atoms with Crippen molar-refractivity contribution >= 4 is 11.7 Å². The first-order valence-corrected chi connectivity index (χ1v) is 6.51. The van der Waals surface area contributed by atoms with Crippen LogP contribution in [0.25, 0.3) is 0 Å². The first-order valence-electron chi connectivity index (χ1n) is 6.51. The Balaban J connectivity index is 1.99. The summed E-state index contributed by atoms with van der Waals surface area (Å²) >= 11 is 0. The van der Waals surface area contributed by atoms with Gasteiger partial charge in [-0.15, -0.1) is 0 Å². The SMILES string of the molecule is CN1CC(NCc2cccnc2C(N)=NO)CCC1=O. The van der Waals surface area contributed by atoms with Crippen LogP contribution < -0.4 is 11.1 Å². The lowest BCUT2D eigenvalue weighted by Crippen LogP contribution is -2.46. The number of rotatable bonds is 4. The van der Waals surface area contributed by atoms with E-state index in [0.29, 0.717) is 25.2 Å². The Hall–Kier alpha value is -2.15. The van der Waals surface area contributed by atoms with Crippen LogP contribution in [0.3, 0.4) is 0 Å². The number of likely N-dealkylation sites (tertiary alicyclic amines) is 1. The van der Waals surface area contributed by atoms with Gasteiger partial charge >= 0.3 is 0 Å². The molecule has 1 aromatic heterocycles. The lowest BCUT2D eigenvalue weighted by Gasteiger charge is -2.30. The summed E-state index contributed by atoms with van der Waals surface area (Å²) in [4.78, 5) is 17.3. The highest BCUT2D eigenvalue weighted by Crippen LogP contribution is 2.11. The molecule has 4 N–H and O–H groups in total. The van der Waals surface area contributed by atoms with Gasteiger partial charge in [0.1, 0.15) is 5.69 Å². The van der Waals surface area contributed by atoms with E-state index in [0.717, 1.165) is 12.0 Å². The van der Waals surface area contributed by atoms with Gasteiger partial charge in [-0.05, 0) is 18.1 Å². The number of amidine groups is 1. The zero-order valence-electron chi connectivity index (χ0n) is 11.4. The lowest BCUT2D eigenvalue weighted by molar-refractivity contribution is -0.132. The monoisotopic (exact) mass is 277 g/mol. The molecule has 7 heteroatoms. The van der Waals surface area contributed by atoms with Crippen LogP contribution >= 0.6 is 0 Å². The van der Waals surface area contributed by atoms with Crippen molar-refractivity contribution in [3.05, 3.63) is 29.6 Å². The maximum absolute atomic E-state index is 11.4. The van der Waals surface area contributed by atoms with E-state index >= 15 is 0 Å². The summed E-state index contributed by atoms with van der Waals surface area (Å²) in [5.74, 6) is 0.181. The molecule has 1 saturated heterocycles. The molecule has 0 bridgehead atoms. The molecule has 1 amide bonds. The highest BCUT2D eigenvalue weighted by Gasteiger charge is 2.22. The van der Waals surface area contributed by atoms with Crippen LogP contribution in [0.4, 0.5) is 0 Å². The van der Waals surface area contributed by atoms with Crippen molar-refractivity contribution in [3.8, 4) is 0 Å². The van der Waals surface area contributed by atoms with E-state index in [4.69, 9.17) is 10.9 Å². The van der Waals surface area contributed by atoms with Gasteiger partial charge < -0.3 is 21.2 Å². The maximum atomic E-state index is 11.4. The Bertz CT molecular complexity index is 517. The van der Waals surface area contributed by atoms with Gasteiger partial charge in [0.25, 0.3) is 0 Å². The number of nitrogens with one attached hydrogen (secondary N) is 1. The Morgan fingerprint density at radius 3 is 3.20 bits per heavy atom. The minimum Gasteiger partial charge on any atom is -0.409 e. The topological polar surface area (TPSA) is 104 Å². The van der Waals surface area contributed by atoms with Crippen molar-refractivity contribution in [2.24, 2.45) is 10.9 Å². The van der Waals surface area contributed by atoms with Crippen LogP contribution in [-0.4, -0.2) is 46.5 Å². The minimum absolute atomic E-state index is 0.00154. The first-order chi connectivity index (χ1) is 9.61. The number of amides is 1. The number of aromatic nitrogens is 1. The number of nitrogens with zero attached hydrogens (tertiary/aromatic N) is 3. The number of nitrogens with two attached hydrogens (primary N) is 1. The average molecular weight is 277 g/mol. The van der Waals surface area contributed by atoms with Crippen molar-refractivity contribution in [1.29, 1.82) is 0 Å². The van der Waals surface area contributed by atoms with E-state index in [1.807, 2.05) is 19.2 Å². The van der Waals surface area contributed by atoms with Crippen molar-refractivity contribution in [2.75, 3.05) is 13.6 Å². The maximum Gasteiger partial charge on any atom is 0.222 e. The average Bonchev–Trinajstić information content (AvgIpc) is 2.48.